The number of nitrogens with zero attached hydrogens (tertiary/aromatic N) is 3. The van der Waals surface area contributed by atoms with Crippen molar-refractivity contribution in [1.82, 2.24) is 14.6 Å². The quantitative estimate of drug-likeness (QED) is 0.545. The zero-order valence-electron chi connectivity index (χ0n) is 10.9. The van der Waals surface area contributed by atoms with Crippen molar-refractivity contribution in [1.29, 1.82) is 0 Å². The van der Waals surface area contributed by atoms with E-state index in [0.717, 1.165) is 16.4 Å². The van der Waals surface area contributed by atoms with Gasteiger partial charge in [-0.15, -0.1) is 10.2 Å². The number of carbonyl (C=O) groups is 1. The number of aromatic nitrogens is 3. The summed E-state index contributed by atoms with van der Waals surface area (Å²) in [6.07, 6.45) is 1.90. The van der Waals surface area contributed by atoms with E-state index < -0.39 is 0 Å². The summed E-state index contributed by atoms with van der Waals surface area (Å²) in [5.41, 5.74) is 1.51. The maximum Gasteiger partial charge on any atom is 0.196 e. The van der Waals surface area contributed by atoms with Crippen molar-refractivity contribution in [2.75, 3.05) is 0 Å². The smallest absolute Gasteiger partial charge is 0.196 e. The van der Waals surface area contributed by atoms with Crippen molar-refractivity contribution >= 4 is 23.2 Å². The van der Waals surface area contributed by atoms with E-state index in [2.05, 4.69) is 10.2 Å². The normalized spacial score (nSPS) is 12.4. The van der Waals surface area contributed by atoms with Crippen LogP contribution < -0.4 is 0 Å². The summed E-state index contributed by atoms with van der Waals surface area (Å²) in [4.78, 5) is 12.3. The minimum atomic E-state index is -0.204. The molecular formula is C15H13N3OS. The summed E-state index contributed by atoms with van der Waals surface area (Å²) in [7, 11) is 0. The van der Waals surface area contributed by atoms with Gasteiger partial charge in [0.25, 0.3) is 0 Å². The molecule has 0 saturated carbocycles. The Morgan fingerprint density at radius 2 is 1.85 bits per heavy atom. The van der Waals surface area contributed by atoms with Gasteiger partial charge in [0.2, 0.25) is 0 Å². The van der Waals surface area contributed by atoms with Gasteiger partial charge in [0.05, 0.1) is 5.25 Å². The van der Waals surface area contributed by atoms with Gasteiger partial charge in [0.15, 0.2) is 16.6 Å². The minimum absolute atomic E-state index is 0.100. The molecule has 0 N–H and O–H groups in total. The lowest BCUT2D eigenvalue weighted by molar-refractivity contribution is 0.0994. The molecule has 5 heteroatoms. The fourth-order valence-corrected chi connectivity index (χ4v) is 2.86. The highest BCUT2D eigenvalue weighted by molar-refractivity contribution is 8.00. The molecule has 1 unspecified atom stereocenters. The molecule has 0 saturated heterocycles. The predicted octanol–water partition coefficient (Wildman–Crippen LogP) is 3.09. The van der Waals surface area contributed by atoms with E-state index in [9.17, 15) is 4.79 Å². The van der Waals surface area contributed by atoms with Crippen molar-refractivity contribution < 1.29 is 4.79 Å². The monoisotopic (exact) mass is 283 g/mol. The third kappa shape index (κ3) is 2.44. The van der Waals surface area contributed by atoms with Crippen LogP contribution in [0.15, 0.2) is 59.9 Å². The number of rotatable bonds is 4. The Balaban J connectivity index is 1.82. The number of thioether (sulfide) groups is 1. The molecule has 0 aliphatic carbocycles. The first-order chi connectivity index (χ1) is 9.75. The maximum atomic E-state index is 12.3. The third-order valence-electron chi connectivity index (χ3n) is 2.99. The molecule has 4 nitrogen and oxygen atoms in total. The zero-order chi connectivity index (χ0) is 13.9. The van der Waals surface area contributed by atoms with Crippen molar-refractivity contribution in [2.45, 2.75) is 17.3 Å². The SMILES string of the molecule is CC(Sc1nnc2ccccn12)C(=O)c1ccccc1. The Bertz CT molecular complexity index is 739. The highest BCUT2D eigenvalue weighted by Crippen LogP contribution is 2.24. The second-order valence-electron chi connectivity index (χ2n) is 4.40. The van der Waals surface area contributed by atoms with Gasteiger partial charge in [0, 0.05) is 11.8 Å². The maximum absolute atomic E-state index is 12.3. The summed E-state index contributed by atoms with van der Waals surface area (Å²) < 4.78 is 1.89. The summed E-state index contributed by atoms with van der Waals surface area (Å²) in [5.74, 6) is 0.100. The number of benzene rings is 1. The van der Waals surface area contributed by atoms with Crippen LogP contribution >= 0.6 is 11.8 Å². The van der Waals surface area contributed by atoms with Crippen LogP contribution in [0.25, 0.3) is 5.65 Å². The number of ketones is 1. The number of hydrogen-bond donors (Lipinski definition) is 0. The van der Waals surface area contributed by atoms with Gasteiger partial charge < -0.3 is 0 Å². The predicted molar refractivity (Wildman–Crippen MR) is 79.1 cm³/mol. The van der Waals surface area contributed by atoms with Crippen molar-refractivity contribution in [3.8, 4) is 0 Å². The fourth-order valence-electron chi connectivity index (χ4n) is 1.95. The molecule has 100 valence electrons. The molecule has 20 heavy (non-hydrogen) atoms. The molecule has 0 fully saturated rings. The topological polar surface area (TPSA) is 47.3 Å². The van der Waals surface area contributed by atoms with Gasteiger partial charge in [-0.2, -0.15) is 0 Å². The van der Waals surface area contributed by atoms with Crippen LogP contribution in [0.3, 0.4) is 0 Å². The van der Waals surface area contributed by atoms with Crippen LogP contribution in [0.5, 0.6) is 0 Å². The van der Waals surface area contributed by atoms with Gasteiger partial charge in [-0.1, -0.05) is 48.2 Å². The largest absolute Gasteiger partial charge is 0.293 e. The van der Waals surface area contributed by atoms with E-state index in [1.807, 2.05) is 66.1 Å². The van der Waals surface area contributed by atoms with E-state index in [0.29, 0.717) is 0 Å². The molecule has 0 bridgehead atoms. The van der Waals surface area contributed by atoms with Gasteiger partial charge in [-0.05, 0) is 19.1 Å². The lowest BCUT2D eigenvalue weighted by Crippen LogP contribution is -2.13. The Hall–Kier alpha value is -2.14. The van der Waals surface area contributed by atoms with Crippen molar-refractivity contribution in [3.05, 3.63) is 60.3 Å². The van der Waals surface area contributed by atoms with Crippen molar-refractivity contribution in [2.24, 2.45) is 0 Å². The Labute approximate surface area is 120 Å². The van der Waals surface area contributed by atoms with Gasteiger partial charge in [-0.25, -0.2) is 0 Å². The molecule has 1 aromatic carbocycles. The van der Waals surface area contributed by atoms with E-state index in [4.69, 9.17) is 0 Å². The molecule has 1 atom stereocenters. The summed E-state index contributed by atoms with van der Waals surface area (Å²) >= 11 is 1.42. The standard InChI is InChI=1S/C15H13N3OS/c1-11(14(19)12-7-3-2-4-8-12)20-15-17-16-13-9-5-6-10-18(13)15/h2-11H,1H3. The van der Waals surface area contributed by atoms with Crippen molar-refractivity contribution in [3.63, 3.8) is 0 Å². The molecule has 2 heterocycles. The number of fused-ring (bicyclic) bond motifs is 1. The first-order valence-electron chi connectivity index (χ1n) is 6.31. The summed E-state index contributed by atoms with van der Waals surface area (Å²) in [5, 5.41) is 8.75. The van der Waals surface area contributed by atoms with Crippen LogP contribution in [0.1, 0.15) is 17.3 Å². The average molecular weight is 283 g/mol. The van der Waals surface area contributed by atoms with Crippen LogP contribution in [-0.4, -0.2) is 25.6 Å². The first kappa shape index (κ1) is 12.9. The minimum Gasteiger partial charge on any atom is -0.293 e. The molecule has 3 rings (SSSR count). The third-order valence-corrected chi connectivity index (χ3v) is 4.05. The molecule has 2 aromatic heterocycles. The number of pyridine rings is 1. The Kier molecular flexibility index (Phi) is 3.52. The molecule has 0 aliphatic rings. The molecule has 0 radical (unpaired) electrons. The molecule has 3 aromatic rings. The van der Waals surface area contributed by atoms with Crippen LogP contribution in [0.2, 0.25) is 0 Å². The summed E-state index contributed by atoms with van der Waals surface area (Å²) in [6, 6.07) is 15.0. The first-order valence-corrected chi connectivity index (χ1v) is 7.19. The lowest BCUT2D eigenvalue weighted by Gasteiger charge is -2.08. The highest BCUT2D eigenvalue weighted by Gasteiger charge is 2.18. The zero-order valence-corrected chi connectivity index (χ0v) is 11.7. The second kappa shape index (κ2) is 5.46. The number of carbonyl (C=O) groups excluding carboxylic acids is 1. The van der Waals surface area contributed by atoms with E-state index in [-0.39, 0.29) is 11.0 Å². The highest BCUT2D eigenvalue weighted by atomic mass is 32.2. The Morgan fingerprint density at radius 1 is 1.10 bits per heavy atom. The van der Waals surface area contributed by atoms with Gasteiger partial charge >= 0.3 is 0 Å². The number of hydrogen-bond acceptors (Lipinski definition) is 4. The molecule has 0 aliphatic heterocycles. The van der Waals surface area contributed by atoms with Gasteiger partial charge in [-0.3, -0.25) is 9.20 Å². The van der Waals surface area contributed by atoms with Crippen LogP contribution in [0.4, 0.5) is 0 Å². The van der Waals surface area contributed by atoms with E-state index >= 15 is 0 Å². The Morgan fingerprint density at radius 3 is 2.65 bits per heavy atom. The lowest BCUT2D eigenvalue weighted by atomic mass is 10.1. The summed E-state index contributed by atoms with van der Waals surface area (Å²) in [6.45, 7) is 1.89. The molecular weight excluding hydrogens is 270 g/mol. The number of Topliss-reactive ketones (excluding diaryl/α,β-unsaturated/α-hetero) is 1. The second-order valence-corrected chi connectivity index (χ2v) is 5.71. The molecule has 0 spiro atoms. The fraction of sp³-hybridized carbons (Fsp3) is 0.133. The van der Waals surface area contributed by atoms with E-state index in [1.54, 1.807) is 0 Å². The van der Waals surface area contributed by atoms with Crippen LogP contribution in [-0.2, 0) is 0 Å². The van der Waals surface area contributed by atoms with Crippen LogP contribution in [0, 0.1) is 0 Å². The molecule has 0 amide bonds. The van der Waals surface area contributed by atoms with E-state index in [1.165, 1.54) is 11.8 Å². The average Bonchev–Trinajstić information content (AvgIpc) is 2.91. The van der Waals surface area contributed by atoms with Gasteiger partial charge in [0.1, 0.15) is 0 Å².